The number of hydrogen-bond acceptors (Lipinski definition) is 6. The van der Waals surface area contributed by atoms with Gasteiger partial charge in [0.15, 0.2) is 5.78 Å². The van der Waals surface area contributed by atoms with Crippen molar-refractivity contribution >= 4 is 35.4 Å². The summed E-state index contributed by atoms with van der Waals surface area (Å²) in [6, 6.07) is 0. The van der Waals surface area contributed by atoms with Gasteiger partial charge in [-0.3, -0.25) is 9.59 Å². The van der Waals surface area contributed by atoms with Gasteiger partial charge in [0.2, 0.25) is 0 Å². The second-order valence-electron chi connectivity index (χ2n) is 4.17. The molecule has 0 saturated heterocycles. The molecule has 106 valence electrons. The molecule has 20 heavy (non-hydrogen) atoms. The number of rotatable bonds is 5. The largest absolute Gasteiger partial charge is 0.465 e. The topological polar surface area (TPSA) is 81.4 Å². The van der Waals surface area contributed by atoms with Crippen LogP contribution in [0.4, 0.5) is 0 Å². The molecule has 0 amide bonds. The molecule has 1 aromatic rings. The molecular formula is C14H16N2O3S. The number of allylic oxidation sites excluding steroid dienone is 1. The van der Waals surface area contributed by atoms with Crippen LogP contribution in [0.3, 0.4) is 0 Å². The molecular weight excluding hydrogens is 276 g/mol. The third kappa shape index (κ3) is 2.81. The lowest BCUT2D eigenvalue weighted by Crippen LogP contribution is -2.36. The van der Waals surface area contributed by atoms with Gasteiger partial charge in [-0.05, 0) is 13.0 Å². The van der Waals surface area contributed by atoms with Crippen molar-refractivity contribution < 1.29 is 14.3 Å². The lowest BCUT2D eigenvalue weighted by molar-refractivity contribution is -0.145. The highest BCUT2D eigenvalue weighted by Crippen LogP contribution is 2.08. The number of hydrogen-bond donors (Lipinski definition) is 2. The van der Waals surface area contributed by atoms with Gasteiger partial charge in [0.25, 0.3) is 0 Å². The van der Waals surface area contributed by atoms with Gasteiger partial charge in [0.05, 0.1) is 11.1 Å². The number of fused-ring (bicyclic) bond motifs is 1. The summed E-state index contributed by atoms with van der Waals surface area (Å²) in [6.45, 7) is 1.88. The fraction of sp³-hybridized carbons (Fsp3) is 0.286. The van der Waals surface area contributed by atoms with Crippen LogP contribution < -0.4 is 20.8 Å². The number of nitrogens with two attached hydrogens (primary N) is 1. The minimum Gasteiger partial charge on any atom is -0.465 e. The van der Waals surface area contributed by atoms with E-state index in [1.165, 1.54) is 11.3 Å². The Balaban J connectivity index is 2.39. The van der Waals surface area contributed by atoms with Crippen molar-refractivity contribution in [1.82, 2.24) is 5.32 Å². The molecule has 2 heterocycles. The maximum atomic E-state index is 12.5. The number of esters is 1. The SMILES string of the molecule is CCOC(=O)C(CN)C(=O)c1csc2c1=CC=CNC=2. The number of nitrogens with one attached hydrogen (secondary N) is 1. The molecule has 2 rings (SSSR count). The van der Waals surface area contributed by atoms with Crippen molar-refractivity contribution in [3.8, 4) is 0 Å². The highest BCUT2D eigenvalue weighted by molar-refractivity contribution is 7.08. The van der Waals surface area contributed by atoms with Crippen LogP contribution in [0, 0.1) is 5.92 Å². The van der Waals surface area contributed by atoms with Crippen LogP contribution in [0.5, 0.6) is 0 Å². The van der Waals surface area contributed by atoms with Gasteiger partial charge < -0.3 is 15.8 Å². The lowest BCUT2D eigenvalue weighted by Gasteiger charge is -2.11. The van der Waals surface area contributed by atoms with Crippen LogP contribution in [0.2, 0.25) is 0 Å². The van der Waals surface area contributed by atoms with Crippen LogP contribution in [0.15, 0.2) is 17.7 Å². The standard InChI is InChI=1S/C14H16N2O3S/c1-2-19-14(18)10(6-15)13(17)11-8-20-12-7-16-5-3-4-9(11)12/h3-5,7-8,10,16H,2,6,15H2,1H3. The summed E-state index contributed by atoms with van der Waals surface area (Å²) in [5.74, 6) is -1.79. The summed E-state index contributed by atoms with van der Waals surface area (Å²) >= 11 is 1.44. The summed E-state index contributed by atoms with van der Waals surface area (Å²) in [7, 11) is 0. The number of ketones is 1. The normalized spacial score (nSPS) is 14.1. The lowest BCUT2D eigenvalue weighted by atomic mass is 9.98. The first-order valence-electron chi connectivity index (χ1n) is 6.30. The van der Waals surface area contributed by atoms with E-state index in [1.54, 1.807) is 18.5 Å². The van der Waals surface area contributed by atoms with E-state index in [0.717, 1.165) is 9.75 Å². The van der Waals surface area contributed by atoms with Gasteiger partial charge >= 0.3 is 5.97 Å². The average Bonchev–Trinajstić information content (AvgIpc) is 2.69. The van der Waals surface area contributed by atoms with E-state index in [-0.39, 0.29) is 18.9 Å². The Kier molecular flexibility index (Phi) is 4.70. The monoisotopic (exact) mass is 292 g/mol. The minimum atomic E-state index is -0.942. The van der Waals surface area contributed by atoms with Crippen molar-refractivity contribution in [2.24, 2.45) is 11.7 Å². The summed E-state index contributed by atoms with van der Waals surface area (Å²) in [6.07, 6.45) is 7.24. The molecule has 0 fully saturated rings. The quantitative estimate of drug-likeness (QED) is 0.442. The summed E-state index contributed by atoms with van der Waals surface area (Å²) in [5, 5.41) is 5.55. The third-order valence-electron chi connectivity index (χ3n) is 2.92. The molecule has 1 atom stereocenters. The van der Waals surface area contributed by atoms with E-state index >= 15 is 0 Å². The molecule has 0 spiro atoms. The van der Waals surface area contributed by atoms with E-state index in [9.17, 15) is 9.59 Å². The molecule has 0 radical (unpaired) electrons. The summed E-state index contributed by atoms with van der Waals surface area (Å²) < 4.78 is 5.84. The van der Waals surface area contributed by atoms with E-state index in [2.05, 4.69) is 5.32 Å². The van der Waals surface area contributed by atoms with Gasteiger partial charge in [-0.25, -0.2) is 0 Å². The van der Waals surface area contributed by atoms with Gasteiger partial charge in [0.1, 0.15) is 5.92 Å². The van der Waals surface area contributed by atoms with Gasteiger partial charge in [-0.2, -0.15) is 0 Å². The first-order chi connectivity index (χ1) is 9.69. The smallest absolute Gasteiger partial charge is 0.318 e. The Morgan fingerprint density at radius 3 is 3.00 bits per heavy atom. The van der Waals surface area contributed by atoms with Crippen molar-refractivity contribution in [3.05, 3.63) is 33.0 Å². The van der Waals surface area contributed by atoms with E-state index in [4.69, 9.17) is 10.5 Å². The maximum absolute atomic E-state index is 12.5. The zero-order chi connectivity index (χ0) is 14.5. The Labute approximate surface area is 120 Å². The fourth-order valence-corrected chi connectivity index (χ4v) is 2.85. The second-order valence-corrected chi connectivity index (χ2v) is 5.08. The van der Waals surface area contributed by atoms with Gasteiger partial charge in [-0.1, -0.05) is 6.08 Å². The maximum Gasteiger partial charge on any atom is 0.318 e. The Bertz CT molecular complexity index is 660. The molecule has 0 saturated carbocycles. The zero-order valence-electron chi connectivity index (χ0n) is 11.1. The third-order valence-corrected chi connectivity index (χ3v) is 3.86. The van der Waals surface area contributed by atoms with Gasteiger partial charge in [-0.15, -0.1) is 11.3 Å². The van der Waals surface area contributed by atoms with E-state index < -0.39 is 11.9 Å². The van der Waals surface area contributed by atoms with Crippen LogP contribution >= 0.6 is 11.3 Å². The van der Waals surface area contributed by atoms with E-state index in [1.807, 2.05) is 18.4 Å². The first kappa shape index (κ1) is 14.5. The molecule has 0 bridgehead atoms. The number of thiophene rings is 1. The molecule has 0 aromatic carbocycles. The molecule has 3 N–H and O–H groups in total. The second kappa shape index (κ2) is 6.49. The van der Waals surface area contributed by atoms with Crippen LogP contribution in [0.25, 0.3) is 12.3 Å². The highest BCUT2D eigenvalue weighted by atomic mass is 32.1. The van der Waals surface area contributed by atoms with Gasteiger partial charge in [0, 0.05) is 35.1 Å². The Morgan fingerprint density at radius 1 is 1.50 bits per heavy atom. The van der Waals surface area contributed by atoms with E-state index in [0.29, 0.717) is 5.56 Å². The van der Waals surface area contributed by atoms with Crippen LogP contribution in [0.1, 0.15) is 17.3 Å². The molecule has 1 unspecified atom stereocenters. The predicted molar refractivity (Wildman–Crippen MR) is 78.3 cm³/mol. The molecule has 6 heteroatoms. The predicted octanol–water partition coefficient (Wildman–Crippen LogP) is -0.296. The molecule has 0 aliphatic carbocycles. The molecule has 5 nitrogen and oxygen atoms in total. The number of Topliss-reactive ketones (excluding diaryl/α,β-unsaturated/α-hetero) is 1. The molecule has 1 aliphatic rings. The number of carbonyl (C=O) groups excluding carboxylic acids is 2. The molecule has 1 aliphatic heterocycles. The Morgan fingerprint density at radius 2 is 2.30 bits per heavy atom. The fourth-order valence-electron chi connectivity index (χ4n) is 1.92. The summed E-state index contributed by atoms with van der Waals surface area (Å²) in [4.78, 5) is 24.3. The first-order valence-corrected chi connectivity index (χ1v) is 7.18. The van der Waals surface area contributed by atoms with Crippen molar-refractivity contribution in [1.29, 1.82) is 0 Å². The minimum absolute atomic E-state index is 0.0555. The van der Waals surface area contributed by atoms with Crippen molar-refractivity contribution in [3.63, 3.8) is 0 Å². The average molecular weight is 292 g/mol. The van der Waals surface area contributed by atoms with Crippen LogP contribution in [-0.2, 0) is 9.53 Å². The number of ether oxygens (including phenoxy) is 1. The highest BCUT2D eigenvalue weighted by Gasteiger charge is 2.28. The Hall–Kier alpha value is -1.92. The molecule has 1 aromatic heterocycles. The van der Waals surface area contributed by atoms with Crippen LogP contribution in [-0.4, -0.2) is 24.9 Å². The van der Waals surface area contributed by atoms with Crippen molar-refractivity contribution in [2.45, 2.75) is 6.92 Å². The zero-order valence-corrected chi connectivity index (χ0v) is 11.9. The number of carbonyl (C=O) groups is 2. The van der Waals surface area contributed by atoms with Crippen molar-refractivity contribution in [2.75, 3.05) is 13.2 Å². The summed E-state index contributed by atoms with van der Waals surface area (Å²) in [5.41, 5.74) is 6.07.